The van der Waals surface area contributed by atoms with Gasteiger partial charge in [-0.2, -0.15) is 0 Å². The molecule has 122 valence electrons. The summed E-state index contributed by atoms with van der Waals surface area (Å²) in [6.07, 6.45) is 3.86. The second kappa shape index (κ2) is 7.49. The third kappa shape index (κ3) is 3.04. The molecule has 3 unspecified atom stereocenters. The Morgan fingerprint density at radius 2 is 1.68 bits per heavy atom. The van der Waals surface area contributed by atoms with Crippen molar-refractivity contribution in [1.82, 2.24) is 0 Å². The molecule has 1 aromatic rings. The number of hydrogen-bond donors (Lipinski definition) is 0. The number of aldehydes is 1. The van der Waals surface area contributed by atoms with Crippen LogP contribution in [0.5, 0.6) is 17.2 Å². The maximum Gasteiger partial charge on any atom is 0.203 e. The van der Waals surface area contributed by atoms with Crippen LogP contribution in [0, 0.1) is 11.8 Å². The van der Waals surface area contributed by atoms with E-state index in [-0.39, 0.29) is 17.9 Å². The second-order valence-electron chi connectivity index (χ2n) is 5.51. The molecule has 2 rings (SSSR count). The molecule has 0 N–H and O–H groups in total. The van der Waals surface area contributed by atoms with Gasteiger partial charge in [-0.1, -0.05) is 6.42 Å². The molecule has 0 bridgehead atoms. The first kappa shape index (κ1) is 16.6. The minimum Gasteiger partial charge on any atom is -0.493 e. The minimum atomic E-state index is -0.161. The van der Waals surface area contributed by atoms with Crippen LogP contribution in [0.15, 0.2) is 12.1 Å². The predicted molar refractivity (Wildman–Crippen MR) is 82.7 cm³/mol. The van der Waals surface area contributed by atoms with Crippen LogP contribution in [-0.4, -0.2) is 34.7 Å². The van der Waals surface area contributed by atoms with Crippen LogP contribution >= 0.6 is 0 Å². The van der Waals surface area contributed by atoms with E-state index in [0.717, 1.165) is 31.1 Å². The first-order chi connectivity index (χ1) is 10.7. The van der Waals surface area contributed by atoms with Crippen molar-refractivity contribution in [1.29, 1.82) is 0 Å². The Bertz CT molecular complexity index is 489. The summed E-state index contributed by atoms with van der Waals surface area (Å²) in [5, 5.41) is 0. The van der Waals surface area contributed by atoms with E-state index in [0.29, 0.717) is 17.2 Å². The van der Waals surface area contributed by atoms with Gasteiger partial charge in [0.1, 0.15) is 6.29 Å². The van der Waals surface area contributed by atoms with Crippen LogP contribution in [0.25, 0.3) is 0 Å². The Hall–Kier alpha value is -1.75. The van der Waals surface area contributed by atoms with Crippen LogP contribution < -0.4 is 14.2 Å². The van der Waals surface area contributed by atoms with Gasteiger partial charge < -0.3 is 23.7 Å². The normalized spacial score (nSPS) is 22.2. The summed E-state index contributed by atoms with van der Waals surface area (Å²) >= 11 is 0. The van der Waals surface area contributed by atoms with Crippen molar-refractivity contribution in [3.63, 3.8) is 0 Å². The Morgan fingerprint density at radius 1 is 1.05 bits per heavy atom. The van der Waals surface area contributed by atoms with Gasteiger partial charge in [0, 0.05) is 13.0 Å². The SMILES string of the molecule is COc1cc(C(OC)C2CCCC2C=O)cc(OC)c1OC. The third-order valence-corrected chi connectivity index (χ3v) is 4.46. The lowest BCUT2D eigenvalue weighted by atomic mass is 9.87. The molecule has 1 aliphatic carbocycles. The first-order valence-electron chi connectivity index (χ1n) is 7.48. The number of benzene rings is 1. The molecule has 5 heteroatoms. The molecule has 0 aromatic heterocycles. The second-order valence-corrected chi connectivity index (χ2v) is 5.51. The zero-order valence-electron chi connectivity index (χ0n) is 13.6. The molecule has 1 aliphatic rings. The average Bonchev–Trinajstić information content (AvgIpc) is 3.02. The summed E-state index contributed by atoms with van der Waals surface area (Å²) in [5.41, 5.74) is 0.941. The molecule has 0 saturated heterocycles. The van der Waals surface area contributed by atoms with E-state index in [2.05, 4.69) is 0 Å². The number of carbonyl (C=O) groups excluding carboxylic acids is 1. The van der Waals surface area contributed by atoms with Gasteiger partial charge >= 0.3 is 0 Å². The summed E-state index contributed by atoms with van der Waals surface area (Å²) in [7, 11) is 6.43. The first-order valence-corrected chi connectivity index (χ1v) is 7.48. The van der Waals surface area contributed by atoms with Crippen LogP contribution in [0.2, 0.25) is 0 Å². The van der Waals surface area contributed by atoms with Crippen molar-refractivity contribution in [2.75, 3.05) is 28.4 Å². The van der Waals surface area contributed by atoms with E-state index in [4.69, 9.17) is 18.9 Å². The number of methoxy groups -OCH3 is 4. The van der Waals surface area contributed by atoms with Crippen LogP contribution in [-0.2, 0) is 9.53 Å². The minimum absolute atomic E-state index is 0.0454. The highest BCUT2D eigenvalue weighted by atomic mass is 16.5. The molecule has 22 heavy (non-hydrogen) atoms. The summed E-state index contributed by atoms with van der Waals surface area (Å²) in [5.74, 6) is 1.98. The van der Waals surface area contributed by atoms with Crippen molar-refractivity contribution >= 4 is 6.29 Å². The number of hydrogen-bond acceptors (Lipinski definition) is 5. The molecule has 5 nitrogen and oxygen atoms in total. The Labute approximate surface area is 131 Å². The molecule has 0 heterocycles. The molecular formula is C17H24O5. The van der Waals surface area contributed by atoms with Crippen molar-refractivity contribution in [2.24, 2.45) is 11.8 Å². The molecule has 1 aromatic carbocycles. The fourth-order valence-electron chi connectivity index (χ4n) is 3.39. The topological polar surface area (TPSA) is 54.0 Å². The predicted octanol–water partition coefficient (Wildman–Crippen LogP) is 3.02. The molecule has 0 radical (unpaired) electrons. The Balaban J connectivity index is 2.42. The number of ether oxygens (including phenoxy) is 4. The van der Waals surface area contributed by atoms with E-state index >= 15 is 0 Å². The van der Waals surface area contributed by atoms with E-state index in [9.17, 15) is 4.79 Å². The van der Waals surface area contributed by atoms with Crippen LogP contribution in [0.3, 0.4) is 0 Å². The fraction of sp³-hybridized carbons (Fsp3) is 0.588. The lowest BCUT2D eigenvalue weighted by molar-refractivity contribution is -0.113. The maximum absolute atomic E-state index is 11.3. The smallest absolute Gasteiger partial charge is 0.203 e. The van der Waals surface area contributed by atoms with E-state index in [1.165, 1.54) is 0 Å². The maximum atomic E-state index is 11.3. The van der Waals surface area contributed by atoms with Crippen molar-refractivity contribution < 1.29 is 23.7 Å². The van der Waals surface area contributed by atoms with Gasteiger partial charge in [-0.3, -0.25) is 0 Å². The highest BCUT2D eigenvalue weighted by molar-refractivity contribution is 5.56. The van der Waals surface area contributed by atoms with E-state index in [1.54, 1.807) is 28.4 Å². The molecular weight excluding hydrogens is 284 g/mol. The van der Waals surface area contributed by atoms with Crippen molar-refractivity contribution in [3.8, 4) is 17.2 Å². The van der Waals surface area contributed by atoms with Gasteiger partial charge in [0.2, 0.25) is 5.75 Å². The number of rotatable bonds is 7. The summed E-state index contributed by atoms with van der Waals surface area (Å²) < 4.78 is 21.9. The Morgan fingerprint density at radius 3 is 2.14 bits per heavy atom. The molecule has 1 saturated carbocycles. The van der Waals surface area contributed by atoms with Crippen molar-refractivity contribution in [2.45, 2.75) is 25.4 Å². The lowest BCUT2D eigenvalue weighted by Crippen LogP contribution is -2.20. The largest absolute Gasteiger partial charge is 0.493 e. The monoisotopic (exact) mass is 308 g/mol. The van der Waals surface area contributed by atoms with Gasteiger partial charge in [-0.05, 0) is 36.5 Å². The third-order valence-electron chi connectivity index (χ3n) is 4.46. The van der Waals surface area contributed by atoms with E-state index in [1.807, 2.05) is 12.1 Å². The lowest BCUT2D eigenvalue weighted by Gasteiger charge is -2.26. The van der Waals surface area contributed by atoms with E-state index < -0.39 is 0 Å². The standard InChI is InChI=1S/C17H24O5/c1-19-14-8-12(9-15(20-2)17(14)22-4)16(21-3)13-7-5-6-11(13)10-18/h8-11,13,16H,5-7H2,1-4H3. The van der Waals surface area contributed by atoms with Crippen LogP contribution in [0.4, 0.5) is 0 Å². The summed E-state index contributed by atoms with van der Waals surface area (Å²) in [6, 6.07) is 3.80. The van der Waals surface area contributed by atoms with Gasteiger partial charge in [0.05, 0.1) is 27.4 Å². The molecule has 3 atom stereocenters. The van der Waals surface area contributed by atoms with Gasteiger partial charge in [-0.15, -0.1) is 0 Å². The quantitative estimate of drug-likeness (QED) is 0.725. The van der Waals surface area contributed by atoms with Gasteiger partial charge in [0.25, 0.3) is 0 Å². The van der Waals surface area contributed by atoms with Crippen LogP contribution in [0.1, 0.15) is 30.9 Å². The zero-order chi connectivity index (χ0) is 16.1. The van der Waals surface area contributed by atoms with Gasteiger partial charge in [0.15, 0.2) is 11.5 Å². The molecule has 0 aliphatic heterocycles. The highest BCUT2D eigenvalue weighted by Gasteiger charge is 2.35. The molecule has 1 fully saturated rings. The zero-order valence-corrected chi connectivity index (χ0v) is 13.6. The molecule has 0 spiro atoms. The fourth-order valence-corrected chi connectivity index (χ4v) is 3.39. The number of carbonyl (C=O) groups is 1. The average molecular weight is 308 g/mol. The summed E-state index contributed by atoms with van der Waals surface area (Å²) in [4.78, 5) is 11.3. The molecule has 0 amide bonds. The highest BCUT2D eigenvalue weighted by Crippen LogP contribution is 2.45. The van der Waals surface area contributed by atoms with Crippen molar-refractivity contribution in [3.05, 3.63) is 17.7 Å². The Kier molecular flexibility index (Phi) is 5.66. The van der Waals surface area contributed by atoms with Gasteiger partial charge in [-0.25, -0.2) is 0 Å². The summed E-state index contributed by atoms with van der Waals surface area (Å²) in [6.45, 7) is 0.